The summed E-state index contributed by atoms with van der Waals surface area (Å²) in [6.45, 7) is 0. The zero-order chi connectivity index (χ0) is 45.7. The third-order valence-corrected chi connectivity index (χ3v) is 13.6. The highest BCUT2D eigenvalue weighted by atomic mass is 16.3. The lowest BCUT2D eigenvalue weighted by molar-refractivity contribution is 0.669. The molecule has 0 atom stereocenters. The molecule has 3 nitrogen and oxygen atoms in total. The number of anilines is 3. The van der Waals surface area contributed by atoms with Gasteiger partial charge in [-0.3, -0.25) is 0 Å². The molecule has 0 aliphatic carbocycles. The molecule has 0 bridgehead atoms. The number of benzene rings is 11. The van der Waals surface area contributed by atoms with E-state index in [1.54, 1.807) is 0 Å². The van der Waals surface area contributed by atoms with Gasteiger partial charge in [0.1, 0.15) is 11.2 Å². The normalized spacial score (nSPS) is 11.5. The van der Waals surface area contributed by atoms with Gasteiger partial charge < -0.3 is 13.9 Å². The van der Waals surface area contributed by atoms with Gasteiger partial charge in [0.15, 0.2) is 0 Å². The van der Waals surface area contributed by atoms with Gasteiger partial charge in [-0.05, 0) is 147 Å². The standard InChI is InChI=1S/C66H44N2O/c1-2-13-45(14-3-1)49-15-10-16-50(41-49)46-27-34-55(35-28-46)67(57-38-31-48(32-39-57)54-33-40-62-61-23-6-9-26-65(61)69-66(62)44-54)56-36-29-47(30-37-56)51-17-11-18-52(42-51)53-19-12-20-58(43-53)68-63-24-7-4-21-59(63)60-22-5-8-25-64(60)68/h1-44H. The number of rotatable bonds is 9. The van der Waals surface area contributed by atoms with Crippen LogP contribution in [0.3, 0.4) is 0 Å². The minimum Gasteiger partial charge on any atom is -0.456 e. The summed E-state index contributed by atoms with van der Waals surface area (Å²) >= 11 is 0. The first-order valence-electron chi connectivity index (χ1n) is 23.6. The number of hydrogen-bond acceptors (Lipinski definition) is 2. The second-order valence-electron chi connectivity index (χ2n) is 17.7. The fourth-order valence-electron chi connectivity index (χ4n) is 10.2. The molecule has 0 radical (unpaired) electrons. The Balaban J connectivity index is 0.838. The average molecular weight is 881 g/mol. The van der Waals surface area contributed by atoms with Gasteiger partial charge in [-0.2, -0.15) is 0 Å². The molecule has 0 aliphatic rings. The number of para-hydroxylation sites is 3. The Morgan fingerprint density at radius 2 is 0.623 bits per heavy atom. The zero-order valence-corrected chi connectivity index (χ0v) is 37.7. The summed E-state index contributed by atoms with van der Waals surface area (Å²) in [5, 5.41) is 4.80. The highest BCUT2D eigenvalue weighted by molar-refractivity contribution is 6.09. The third-order valence-electron chi connectivity index (χ3n) is 13.6. The van der Waals surface area contributed by atoms with E-state index in [0.717, 1.165) is 61.4 Å². The highest BCUT2D eigenvalue weighted by Gasteiger charge is 2.16. The van der Waals surface area contributed by atoms with Crippen molar-refractivity contribution in [1.82, 2.24) is 4.57 Å². The number of hydrogen-bond donors (Lipinski definition) is 0. The topological polar surface area (TPSA) is 21.3 Å². The van der Waals surface area contributed by atoms with Crippen LogP contribution in [0.5, 0.6) is 0 Å². The summed E-state index contributed by atoms with van der Waals surface area (Å²) in [6, 6.07) is 96.1. The van der Waals surface area contributed by atoms with Gasteiger partial charge in [0.05, 0.1) is 11.0 Å². The van der Waals surface area contributed by atoms with Gasteiger partial charge in [-0.1, -0.05) is 176 Å². The van der Waals surface area contributed by atoms with E-state index in [0.29, 0.717) is 0 Å². The quantitative estimate of drug-likeness (QED) is 0.144. The monoisotopic (exact) mass is 880 g/mol. The number of nitrogens with zero attached hydrogens (tertiary/aromatic N) is 2. The van der Waals surface area contributed by atoms with Gasteiger partial charge >= 0.3 is 0 Å². The number of aromatic nitrogens is 1. The Labute approximate surface area is 401 Å². The van der Waals surface area contributed by atoms with Crippen LogP contribution >= 0.6 is 0 Å². The summed E-state index contributed by atoms with van der Waals surface area (Å²) in [5.74, 6) is 0. The van der Waals surface area contributed by atoms with Crippen LogP contribution in [0, 0.1) is 0 Å². The first kappa shape index (κ1) is 40.1. The molecule has 0 fully saturated rings. The lowest BCUT2D eigenvalue weighted by Crippen LogP contribution is -2.09. The molecule has 2 aromatic heterocycles. The van der Waals surface area contributed by atoms with Gasteiger partial charge in [0.25, 0.3) is 0 Å². The highest BCUT2D eigenvalue weighted by Crippen LogP contribution is 2.40. The van der Waals surface area contributed by atoms with Crippen molar-refractivity contribution in [3.05, 3.63) is 267 Å². The maximum absolute atomic E-state index is 6.27. The average Bonchev–Trinajstić information content (AvgIpc) is 3.97. The molecule has 0 spiro atoms. The molecule has 13 rings (SSSR count). The van der Waals surface area contributed by atoms with E-state index in [2.05, 4.69) is 264 Å². The fourth-order valence-corrected chi connectivity index (χ4v) is 10.2. The Bertz CT molecular complexity index is 3940. The molecule has 324 valence electrons. The molecule has 0 aliphatic heterocycles. The molecular formula is C66H44N2O. The molecule has 2 heterocycles. The summed E-state index contributed by atoms with van der Waals surface area (Å²) in [4.78, 5) is 2.34. The van der Waals surface area contributed by atoms with Crippen molar-refractivity contribution in [3.63, 3.8) is 0 Å². The van der Waals surface area contributed by atoms with E-state index in [9.17, 15) is 0 Å². The van der Waals surface area contributed by atoms with E-state index >= 15 is 0 Å². The van der Waals surface area contributed by atoms with Crippen LogP contribution in [0.15, 0.2) is 271 Å². The van der Waals surface area contributed by atoms with Gasteiger partial charge in [-0.25, -0.2) is 0 Å². The Hall–Kier alpha value is -9.18. The van der Waals surface area contributed by atoms with Gasteiger partial charge in [0.2, 0.25) is 0 Å². The molecule has 0 amide bonds. The molecular weight excluding hydrogens is 837 g/mol. The smallest absolute Gasteiger partial charge is 0.136 e. The van der Waals surface area contributed by atoms with E-state index in [4.69, 9.17) is 4.42 Å². The van der Waals surface area contributed by atoms with E-state index in [1.165, 1.54) is 60.8 Å². The zero-order valence-electron chi connectivity index (χ0n) is 37.7. The Morgan fingerprint density at radius 1 is 0.246 bits per heavy atom. The van der Waals surface area contributed by atoms with Crippen molar-refractivity contribution in [2.75, 3.05) is 4.90 Å². The minimum absolute atomic E-state index is 0.896. The van der Waals surface area contributed by atoms with Crippen molar-refractivity contribution < 1.29 is 4.42 Å². The molecule has 3 heteroatoms. The molecule has 0 unspecified atom stereocenters. The number of furan rings is 1. The van der Waals surface area contributed by atoms with Crippen molar-refractivity contribution in [2.45, 2.75) is 0 Å². The maximum Gasteiger partial charge on any atom is 0.136 e. The van der Waals surface area contributed by atoms with Crippen molar-refractivity contribution in [2.24, 2.45) is 0 Å². The van der Waals surface area contributed by atoms with Gasteiger partial charge in [-0.15, -0.1) is 0 Å². The Kier molecular flexibility index (Phi) is 9.84. The predicted octanol–water partition coefficient (Wildman–Crippen LogP) is 18.5. The van der Waals surface area contributed by atoms with Crippen LogP contribution in [-0.2, 0) is 0 Å². The molecule has 0 N–H and O–H groups in total. The lowest BCUT2D eigenvalue weighted by atomic mass is 9.98. The molecule has 0 saturated carbocycles. The van der Waals surface area contributed by atoms with Crippen molar-refractivity contribution in [1.29, 1.82) is 0 Å². The molecule has 13 aromatic rings. The predicted molar refractivity (Wildman–Crippen MR) is 290 cm³/mol. The first-order valence-corrected chi connectivity index (χ1v) is 23.6. The molecule has 0 saturated heterocycles. The second kappa shape index (κ2) is 16.9. The van der Waals surface area contributed by atoms with Gasteiger partial charge in [0, 0.05) is 44.3 Å². The Morgan fingerprint density at radius 3 is 1.17 bits per heavy atom. The minimum atomic E-state index is 0.896. The second-order valence-corrected chi connectivity index (χ2v) is 17.7. The fraction of sp³-hybridized carbons (Fsp3) is 0. The summed E-state index contributed by atoms with van der Waals surface area (Å²) < 4.78 is 8.65. The van der Waals surface area contributed by atoms with Crippen LogP contribution < -0.4 is 4.90 Å². The molecule has 11 aromatic carbocycles. The lowest BCUT2D eigenvalue weighted by Gasteiger charge is -2.26. The van der Waals surface area contributed by atoms with Crippen LogP contribution in [0.1, 0.15) is 0 Å². The largest absolute Gasteiger partial charge is 0.456 e. The van der Waals surface area contributed by atoms with Crippen LogP contribution in [0.2, 0.25) is 0 Å². The third kappa shape index (κ3) is 7.34. The SMILES string of the molecule is c1ccc(-c2cccc(-c3ccc(N(c4ccc(-c5cccc(-c6cccc(-n7c8ccccc8c8ccccc87)c6)c5)cc4)c4ccc(-c5ccc6c(c5)oc5ccccc56)cc4)cc3)c2)cc1. The van der Waals surface area contributed by atoms with Crippen LogP contribution in [0.4, 0.5) is 17.1 Å². The number of fused-ring (bicyclic) bond motifs is 6. The molecule has 69 heavy (non-hydrogen) atoms. The van der Waals surface area contributed by atoms with E-state index in [-0.39, 0.29) is 0 Å². The summed E-state index contributed by atoms with van der Waals surface area (Å²) in [5.41, 5.74) is 20.3. The van der Waals surface area contributed by atoms with Crippen molar-refractivity contribution >= 4 is 60.8 Å². The van der Waals surface area contributed by atoms with Crippen LogP contribution in [-0.4, -0.2) is 4.57 Å². The van der Waals surface area contributed by atoms with E-state index < -0.39 is 0 Å². The maximum atomic E-state index is 6.27. The van der Waals surface area contributed by atoms with Crippen molar-refractivity contribution in [3.8, 4) is 61.3 Å². The summed E-state index contributed by atoms with van der Waals surface area (Å²) in [7, 11) is 0. The van der Waals surface area contributed by atoms with E-state index in [1.807, 2.05) is 12.1 Å². The summed E-state index contributed by atoms with van der Waals surface area (Å²) in [6.07, 6.45) is 0. The van der Waals surface area contributed by atoms with Crippen LogP contribution in [0.25, 0.3) is 105 Å². The first-order chi connectivity index (χ1) is 34.2.